The second-order valence-electron chi connectivity index (χ2n) is 6.65. The van der Waals surface area contributed by atoms with Gasteiger partial charge in [0.1, 0.15) is 6.54 Å². The van der Waals surface area contributed by atoms with E-state index >= 15 is 0 Å². The van der Waals surface area contributed by atoms with Crippen LogP contribution in [0.5, 0.6) is 0 Å². The average molecular weight is 272 g/mol. The third-order valence-electron chi connectivity index (χ3n) is 4.91. The molecule has 1 heteroatoms. The van der Waals surface area contributed by atoms with Crippen molar-refractivity contribution >= 4 is 11.4 Å². The van der Waals surface area contributed by atoms with Crippen molar-refractivity contribution in [2.75, 3.05) is 6.54 Å². The summed E-state index contributed by atoms with van der Waals surface area (Å²) in [6.07, 6.45) is 8.20. The van der Waals surface area contributed by atoms with Gasteiger partial charge in [0.2, 0.25) is 5.69 Å². The Morgan fingerprint density at radius 1 is 0.950 bits per heavy atom. The summed E-state index contributed by atoms with van der Waals surface area (Å²) in [6, 6.07) is 8.91. The topological polar surface area (TPSA) is 3.01 Å². The first kappa shape index (κ1) is 15.3. The largest absolute Gasteiger partial charge is 0.209 e. The van der Waals surface area contributed by atoms with Crippen LogP contribution in [-0.2, 0) is 5.41 Å². The molecule has 20 heavy (non-hydrogen) atoms. The highest BCUT2D eigenvalue weighted by Crippen LogP contribution is 2.39. The number of rotatable bonds is 7. The molecule has 0 unspecified atom stereocenters. The Balaban J connectivity index is 1.99. The summed E-state index contributed by atoms with van der Waals surface area (Å²) >= 11 is 0. The normalized spacial score (nSPS) is 16.6. The lowest BCUT2D eigenvalue weighted by Gasteiger charge is -2.14. The van der Waals surface area contributed by atoms with Crippen molar-refractivity contribution in [2.24, 2.45) is 0 Å². The Morgan fingerprint density at radius 3 is 2.35 bits per heavy atom. The van der Waals surface area contributed by atoms with Gasteiger partial charge in [-0.05, 0) is 20.3 Å². The Kier molecular flexibility index (Phi) is 5.01. The van der Waals surface area contributed by atoms with Gasteiger partial charge in [-0.2, -0.15) is 4.58 Å². The van der Waals surface area contributed by atoms with Crippen molar-refractivity contribution in [2.45, 2.75) is 71.6 Å². The van der Waals surface area contributed by atoms with Crippen molar-refractivity contribution in [1.29, 1.82) is 0 Å². The van der Waals surface area contributed by atoms with E-state index in [1.54, 1.807) is 0 Å². The lowest BCUT2D eigenvalue weighted by atomic mass is 9.82. The van der Waals surface area contributed by atoms with Gasteiger partial charge in [-0.15, -0.1) is 0 Å². The van der Waals surface area contributed by atoms with Gasteiger partial charge in [0.25, 0.3) is 0 Å². The van der Waals surface area contributed by atoms with Crippen LogP contribution < -0.4 is 0 Å². The molecule has 2 rings (SSSR count). The Morgan fingerprint density at radius 2 is 1.60 bits per heavy atom. The second-order valence-corrected chi connectivity index (χ2v) is 6.65. The molecule has 0 atom stereocenters. The van der Waals surface area contributed by atoms with E-state index in [2.05, 4.69) is 56.5 Å². The molecule has 0 aliphatic carbocycles. The van der Waals surface area contributed by atoms with Crippen LogP contribution in [0.3, 0.4) is 0 Å². The van der Waals surface area contributed by atoms with E-state index in [-0.39, 0.29) is 5.41 Å². The Hall–Kier alpha value is -1.11. The minimum atomic E-state index is 0.193. The summed E-state index contributed by atoms with van der Waals surface area (Å²) in [5.74, 6) is 0. The van der Waals surface area contributed by atoms with Gasteiger partial charge in [-0.3, -0.25) is 0 Å². The second kappa shape index (κ2) is 6.56. The first-order valence-corrected chi connectivity index (χ1v) is 8.30. The highest BCUT2D eigenvalue weighted by Gasteiger charge is 2.42. The molecule has 0 aromatic heterocycles. The van der Waals surface area contributed by atoms with Crippen molar-refractivity contribution in [1.82, 2.24) is 0 Å². The molecule has 0 bridgehead atoms. The van der Waals surface area contributed by atoms with Gasteiger partial charge in [-0.25, -0.2) is 0 Å². The summed E-state index contributed by atoms with van der Waals surface area (Å²) in [6.45, 7) is 10.5. The summed E-state index contributed by atoms with van der Waals surface area (Å²) in [7, 11) is 0. The fourth-order valence-electron chi connectivity index (χ4n) is 3.29. The highest BCUT2D eigenvalue weighted by atomic mass is 15.1. The molecule has 0 radical (unpaired) electrons. The predicted molar refractivity (Wildman–Crippen MR) is 88.3 cm³/mol. The van der Waals surface area contributed by atoms with Crippen molar-refractivity contribution in [3.63, 3.8) is 0 Å². The summed E-state index contributed by atoms with van der Waals surface area (Å²) < 4.78 is 2.55. The molecule has 0 fully saturated rings. The molecule has 1 aromatic carbocycles. The van der Waals surface area contributed by atoms with E-state index in [1.807, 2.05) is 0 Å². The molecule has 0 spiro atoms. The van der Waals surface area contributed by atoms with Crippen LogP contribution in [0, 0.1) is 0 Å². The number of nitrogens with zero attached hydrogens (tertiary/aromatic N) is 1. The molecule has 0 saturated heterocycles. The van der Waals surface area contributed by atoms with Crippen LogP contribution in [0.2, 0.25) is 0 Å². The lowest BCUT2D eigenvalue weighted by Crippen LogP contribution is -2.26. The summed E-state index contributed by atoms with van der Waals surface area (Å²) in [4.78, 5) is 0. The van der Waals surface area contributed by atoms with Crippen LogP contribution in [0.4, 0.5) is 5.69 Å². The number of hydrogen-bond donors (Lipinski definition) is 0. The first-order chi connectivity index (χ1) is 9.59. The molecule has 1 aliphatic heterocycles. The zero-order valence-electron chi connectivity index (χ0n) is 13.7. The Labute approximate surface area is 124 Å². The molecular weight excluding hydrogens is 242 g/mol. The maximum atomic E-state index is 2.55. The molecular formula is C19H30N+. The van der Waals surface area contributed by atoms with E-state index in [1.165, 1.54) is 62.0 Å². The monoisotopic (exact) mass is 272 g/mol. The van der Waals surface area contributed by atoms with Gasteiger partial charge < -0.3 is 0 Å². The maximum Gasteiger partial charge on any atom is 0.209 e. The first-order valence-electron chi connectivity index (χ1n) is 8.30. The minimum Gasteiger partial charge on any atom is -0.199 e. The van der Waals surface area contributed by atoms with Crippen molar-refractivity contribution in [3.05, 3.63) is 29.8 Å². The van der Waals surface area contributed by atoms with E-state index in [0.717, 1.165) is 0 Å². The molecule has 1 nitrogen and oxygen atoms in total. The third kappa shape index (κ3) is 2.97. The minimum absolute atomic E-state index is 0.193. The summed E-state index contributed by atoms with van der Waals surface area (Å²) in [5.41, 5.74) is 4.62. The van der Waals surface area contributed by atoms with E-state index in [9.17, 15) is 0 Å². The van der Waals surface area contributed by atoms with Crippen molar-refractivity contribution in [3.8, 4) is 0 Å². The van der Waals surface area contributed by atoms with Gasteiger partial charge in [0.05, 0.1) is 5.41 Å². The third-order valence-corrected chi connectivity index (χ3v) is 4.91. The SMILES string of the molecule is CCCCCCCC[N+]1=C(C)C(C)(C)c2ccccc21. The van der Waals surface area contributed by atoms with Gasteiger partial charge in [0.15, 0.2) is 5.71 Å². The number of para-hydroxylation sites is 1. The molecule has 1 aliphatic rings. The number of hydrogen-bond acceptors (Lipinski definition) is 0. The van der Waals surface area contributed by atoms with E-state index in [4.69, 9.17) is 0 Å². The Bertz CT molecular complexity index is 482. The fraction of sp³-hybridized carbons (Fsp3) is 0.632. The van der Waals surface area contributed by atoms with Crippen molar-refractivity contribution < 1.29 is 4.58 Å². The van der Waals surface area contributed by atoms with Gasteiger partial charge in [0, 0.05) is 25.0 Å². The van der Waals surface area contributed by atoms with Crippen LogP contribution in [0.1, 0.15) is 71.8 Å². The highest BCUT2D eigenvalue weighted by molar-refractivity contribution is 5.93. The average Bonchev–Trinajstić information content (AvgIpc) is 2.64. The quantitative estimate of drug-likeness (QED) is 0.459. The van der Waals surface area contributed by atoms with Gasteiger partial charge in [-0.1, -0.05) is 50.8 Å². The van der Waals surface area contributed by atoms with E-state index < -0.39 is 0 Å². The number of fused-ring (bicyclic) bond motifs is 1. The molecule has 110 valence electrons. The van der Waals surface area contributed by atoms with E-state index in [0.29, 0.717) is 0 Å². The molecule has 0 amide bonds. The fourth-order valence-corrected chi connectivity index (χ4v) is 3.29. The maximum absolute atomic E-state index is 2.55. The molecule has 1 aromatic rings. The number of unbranched alkanes of at least 4 members (excludes halogenated alkanes) is 5. The van der Waals surface area contributed by atoms with Gasteiger partial charge >= 0.3 is 0 Å². The lowest BCUT2D eigenvalue weighted by molar-refractivity contribution is -0.439. The molecule has 1 heterocycles. The zero-order chi connectivity index (χ0) is 14.6. The van der Waals surface area contributed by atoms with Crippen LogP contribution in [0.15, 0.2) is 24.3 Å². The summed E-state index contributed by atoms with van der Waals surface area (Å²) in [5, 5.41) is 0. The number of benzene rings is 1. The van der Waals surface area contributed by atoms with Crippen LogP contribution >= 0.6 is 0 Å². The van der Waals surface area contributed by atoms with Crippen LogP contribution in [-0.4, -0.2) is 16.8 Å². The predicted octanol–water partition coefficient (Wildman–Crippen LogP) is 5.44. The molecule has 0 N–H and O–H groups in total. The zero-order valence-corrected chi connectivity index (χ0v) is 13.7. The smallest absolute Gasteiger partial charge is 0.199 e. The van der Waals surface area contributed by atoms with Crippen LogP contribution in [0.25, 0.3) is 0 Å². The molecule has 0 saturated carbocycles. The standard InChI is InChI=1S/C19H30N/c1-5-6-7-8-9-12-15-20-16(2)19(3,4)17-13-10-11-14-18(17)20/h10-11,13-14H,5-9,12,15H2,1-4H3/q+1.